The largest absolute Gasteiger partial charge is 0.488 e. The highest BCUT2D eigenvalue weighted by atomic mass is 16.6. The topological polar surface area (TPSA) is 113 Å². The number of rotatable bonds is 7. The van der Waals surface area contributed by atoms with Gasteiger partial charge < -0.3 is 9.47 Å². The van der Waals surface area contributed by atoms with Crippen molar-refractivity contribution in [3.8, 4) is 5.75 Å². The van der Waals surface area contributed by atoms with Crippen LogP contribution >= 0.6 is 0 Å². The molecule has 0 aliphatic heterocycles. The molecule has 0 aliphatic carbocycles. The van der Waals surface area contributed by atoms with Crippen LogP contribution in [0.4, 0.5) is 10.5 Å². The van der Waals surface area contributed by atoms with Gasteiger partial charge in [-0.3, -0.25) is 10.1 Å². The zero-order chi connectivity index (χ0) is 18.1. The molecule has 0 fully saturated rings. The number of carbonyl (C=O) groups is 2. The summed E-state index contributed by atoms with van der Waals surface area (Å²) in [4.78, 5) is 26.4. The fourth-order valence-electron chi connectivity index (χ4n) is 2.03. The number of azide groups is 1. The van der Waals surface area contributed by atoms with Crippen molar-refractivity contribution in [3.05, 3.63) is 70.6 Å². The van der Waals surface area contributed by atoms with E-state index in [1.807, 2.05) is 6.07 Å². The Balaban J connectivity index is 2.03. The predicted octanol–water partition coefficient (Wildman–Crippen LogP) is 4.21. The number of Topliss-reactive ketones (excluding diaryl/α,β-unsaturated/α-hetero) is 1. The molecule has 0 spiro atoms. The van der Waals surface area contributed by atoms with E-state index in [9.17, 15) is 9.59 Å². The van der Waals surface area contributed by atoms with E-state index >= 15 is 0 Å². The Hall–Kier alpha value is -3.51. The summed E-state index contributed by atoms with van der Waals surface area (Å²) in [6.07, 6.45) is -1.76. The minimum atomic E-state index is -1.03. The van der Waals surface area contributed by atoms with Gasteiger partial charge in [0, 0.05) is 16.2 Å². The zero-order valence-corrected chi connectivity index (χ0v) is 13.5. The van der Waals surface area contributed by atoms with Crippen LogP contribution in [0.5, 0.6) is 5.75 Å². The first-order chi connectivity index (χ1) is 12.1. The van der Waals surface area contributed by atoms with E-state index in [0.29, 0.717) is 17.0 Å². The van der Waals surface area contributed by atoms with Crippen molar-refractivity contribution in [3.63, 3.8) is 0 Å². The minimum absolute atomic E-state index is 0.137. The molecule has 25 heavy (non-hydrogen) atoms. The minimum Gasteiger partial charge on any atom is -0.488 e. The molecule has 0 bridgehead atoms. The maximum absolute atomic E-state index is 12.0. The number of benzene rings is 2. The Kier molecular flexibility index (Phi) is 6.39. The van der Waals surface area contributed by atoms with Crippen molar-refractivity contribution in [2.24, 2.45) is 5.11 Å². The molecule has 0 aliphatic rings. The Morgan fingerprint density at radius 2 is 1.84 bits per heavy atom. The second kappa shape index (κ2) is 8.95. The smallest absolute Gasteiger partial charge is 0.412 e. The summed E-state index contributed by atoms with van der Waals surface area (Å²) in [6.45, 7) is 1.20. The van der Waals surface area contributed by atoms with E-state index in [0.717, 1.165) is 0 Å². The summed E-state index contributed by atoms with van der Waals surface area (Å²) in [7, 11) is 0. The van der Waals surface area contributed by atoms with E-state index in [4.69, 9.17) is 15.0 Å². The highest BCUT2D eigenvalue weighted by Gasteiger charge is 2.21. The second-order valence-electron chi connectivity index (χ2n) is 4.96. The lowest BCUT2D eigenvalue weighted by Gasteiger charge is -2.16. The molecular formula is C17H16N4O4. The van der Waals surface area contributed by atoms with Gasteiger partial charge in [0.25, 0.3) is 0 Å². The standard InChI is InChI=1S/C17H16N4O4/c1-12(22)16(25-17(23)20-14-5-3-2-4-6-14)13-7-9-15(10-8-13)24-11-19-21-18/h2-10,16H,11H2,1H3,(H,20,23). The average molecular weight is 340 g/mol. The maximum Gasteiger partial charge on any atom is 0.412 e. The molecule has 1 atom stereocenters. The van der Waals surface area contributed by atoms with E-state index in [2.05, 4.69) is 15.3 Å². The summed E-state index contributed by atoms with van der Waals surface area (Å²) in [5, 5.41) is 5.82. The van der Waals surface area contributed by atoms with Crippen LogP contribution in [0, 0.1) is 0 Å². The van der Waals surface area contributed by atoms with Crippen molar-refractivity contribution >= 4 is 17.6 Å². The van der Waals surface area contributed by atoms with Gasteiger partial charge in [0.1, 0.15) is 5.75 Å². The van der Waals surface area contributed by atoms with Crippen LogP contribution in [0.1, 0.15) is 18.6 Å². The van der Waals surface area contributed by atoms with Crippen molar-refractivity contribution < 1.29 is 19.1 Å². The summed E-state index contributed by atoms with van der Waals surface area (Å²) >= 11 is 0. The van der Waals surface area contributed by atoms with Crippen molar-refractivity contribution in [1.29, 1.82) is 0 Å². The van der Waals surface area contributed by atoms with E-state index in [1.165, 1.54) is 6.92 Å². The molecule has 2 aromatic carbocycles. The molecule has 0 heterocycles. The fourth-order valence-corrected chi connectivity index (χ4v) is 2.03. The number of nitrogens with zero attached hydrogens (tertiary/aromatic N) is 3. The molecule has 0 aromatic heterocycles. The number of hydrogen-bond donors (Lipinski definition) is 1. The molecular weight excluding hydrogens is 324 g/mol. The van der Waals surface area contributed by atoms with Gasteiger partial charge in [-0.15, -0.1) is 0 Å². The molecule has 1 N–H and O–H groups in total. The summed E-state index contributed by atoms with van der Waals surface area (Å²) in [5.74, 6) is 0.151. The lowest BCUT2D eigenvalue weighted by Crippen LogP contribution is -2.21. The van der Waals surface area contributed by atoms with E-state index in [1.54, 1.807) is 48.5 Å². The Labute approximate surface area is 144 Å². The molecule has 2 aromatic rings. The van der Waals surface area contributed by atoms with Crippen LogP contribution in [0.3, 0.4) is 0 Å². The number of para-hydroxylation sites is 1. The molecule has 128 valence electrons. The van der Waals surface area contributed by atoms with Crippen LogP contribution in [0.25, 0.3) is 10.4 Å². The number of amides is 1. The third-order valence-corrected chi connectivity index (χ3v) is 3.15. The van der Waals surface area contributed by atoms with Gasteiger partial charge in [-0.05, 0) is 36.7 Å². The molecule has 1 amide bonds. The first kappa shape index (κ1) is 17.8. The Morgan fingerprint density at radius 3 is 2.44 bits per heavy atom. The zero-order valence-electron chi connectivity index (χ0n) is 13.5. The second-order valence-corrected chi connectivity index (χ2v) is 4.96. The van der Waals surface area contributed by atoms with E-state index < -0.39 is 12.2 Å². The van der Waals surface area contributed by atoms with Gasteiger partial charge in [0.2, 0.25) is 0 Å². The predicted molar refractivity (Wildman–Crippen MR) is 91.1 cm³/mol. The monoisotopic (exact) mass is 340 g/mol. The Morgan fingerprint density at radius 1 is 1.16 bits per heavy atom. The van der Waals surface area contributed by atoms with Crippen molar-refractivity contribution in [2.75, 3.05) is 12.0 Å². The van der Waals surface area contributed by atoms with Gasteiger partial charge >= 0.3 is 6.09 Å². The van der Waals surface area contributed by atoms with Gasteiger partial charge in [0.15, 0.2) is 18.6 Å². The number of ether oxygens (including phenoxy) is 2. The molecule has 0 saturated carbocycles. The van der Waals surface area contributed by atoms with Gasteiger partial charge in [-0.1, -0.05) is 35.4 Å². The lowest BCUT2D eigenvalue weighted by molar-refractivity contribution is -0.125. The van der Waals surface area contributed by atoms with Crippen molar-refractivity contribution in [2.45, 2.75) is 13.0 Å². The van der Waals surface area contributed by atoms with Crippen molar-refractivity contribution in [1.82, 2.24) is 0 Å². The van der Waals surface area contributed by atoms with Gasteiger partial charge in [0.05, 0.1) is 0 Å². The highest BCUT2D eigenvalue weighted by Crippen LogP contribution is 2.22. The van der Waals surface area contributed by atoms with Crippen LogP contribution in [0.2, 0.25) is 0 Å². The number of anilines is 1. The third-order valence-electron chi connectivity index (χ3n) is 3.15. The summed E-state index contributed by atoms with van der Waals surface area (Å²) in [5.41, 5.74) is 9.27. The summed E-state index contributed by atoms with van der Waals surface area (Å²) < 4.78 is 10.4. The molecule has 2 rings (SSSR count). The quantitative estimate of drug-likeness (QED) is 0.462. The number of nitrogens with one attached hydrogen (secondary N) is 1. The van der Waals surface area contributed by atoms with Gasteiger partial charge in [-0.2, -0.15) is 0 Å². The van der Waals surface area contributed by atoms with Crippen LogP contribution in [-0.2, 0) is 9.53 Å². The third kappa shape index (κ3) is 5.56. The summed E-state index contributed by atoms with van der Waals surface area (Å²) in [6, 6.07) is 15.2. The van der Waals surface area contributed by atoms with Crippen LogP contribution < -0.4 is 10.1 Å². The first-order valence-corrected chi connectivity index (χ1v) is 7.37. The van der Waals surface area contributed by atoms with E-state index in [-0.39, 0.29) is 12.5 Å². The number of ketones is 1. The molecule has 0 saturated heterocycles. The molecule has 8 heteroatoms. The highest BCUT2D eigenvalue weighted by molar-refractivity contribution is 5.89. The molecule has 1 unspecified atom stereocenters. The number of carbonyl (C=O) groups excluding carboxylic acids is 2. The lowest BCUT2D eigenvalue weighted by atomic mass is 10.1. The first-order valence-electron chi connectivity index (χ1n) is 7.37. The average Bonchev–Trinajstić information content (AvgIpc) is 2.61. The fraction of sp³-hybridized carbons (Fsp3) is 0.176. The normalized spacial score (nSPS) is 10.9. The van der Waals surface area contributed by atoms with Crippen LogP contribution in [0.15, 0.2) is 59.7 Å². The van der Waals surface area contributed by atoms with Crippen LogP contribution in [-0.4, -0.2) is 18.6 Å². The molecule has 8 nitrogen and oxygen atoms in total. The molecule has 0 radical (unpaired) electrons. The SMILES string of the molecule is CC(=O)C(OC(=O)Nc1ccccc1)c1ccc(OCN=[N+]=[N-])cc1. The maximum atomic E-state index is 12.0. The number of hydrogen-bond acceptors (Lipinski definition) is 5. The Bertz CT molecular complexity index is 771. The van der Waals surface area contributed by atoms with Gasteiger partial charge in [-0.25, -0.2) is 4.79 Å².